The molecule has 1 aliphatic heterocycles. The third kappa shape index (κ3) is 5.63. The van der Waals surface area contributed by atoms with Gasteiger partial charge in [0.1, 0.15) is 5.75 Å². The van der Waals surface area contributed by atoms with E-state index in [-0.39, 0.29) is 17.3 Å². The Balaban J connectivity index is 1.42. The molecule has 1 amide bonds. The normalized spacial score (nSPS) is 15.4. The average Bonchev–Trinajstić information content (AvgIpc) is 2.84. The number of nitrogens with one attached hydrogen (secondary N) is 1. The van der Waals surface area contributed by atoms with Crippen LogP contribution in [0.5, 0.6) is 5.75 Å². The number of carbonyl (C=O) groups excluding carboxylic acids is 1. The molecule has 0 unspecified atom stereocenters. The van der Waals surface area contributed by atoms with E-state index < -0.39 is 16.1 Å². The third-order valence-corrected chi connectivity index (χ3v) is 8.16. The van der Waals surface area contributed by atoms with Crippen LogP contribution in [0.4, 0.5) is 5.69 Å². The second-order valence-electron chi connectivity index (χ2n) is 7.39. The van der Waals surface area contributed by atoms with E-state index in [0.717, 1.165) is 11.5 Å². The van der Waals surface area contributed by atoms with Crippen LogP contribution in [0.3, 0.4) is 0 Å². The molecule has 1 atom stereocenters. The fourth-order valence-corrected chi connectivity index (χ4v) is 5.85. The minimum absolute atomic E-state index is 0.0973. The molecule has 0 saturated carbocycles. The van der Waals surface area contributed by atoms with E-state index in [9.17, 15) is 13.2 Å². The lowest BCUT2D eigenvalue weighted by atomic mass is 10.2. The molecule has 6 nitrogen and oxygen atoms in total. The van der Waals surface area contributed by atoms with Gasteiger partial charge in [0.05, 0.1) is 17.1 Å². The molecule has 0 fully saturated rings. The van der Waals surface area contributed by atoms with Gasteiger partial charge in [-0.1, -0.05) is 54.1 Å². The van der Waals surface area contributed by atoms with Crippen molar-refractivity contribution in [2.45, 2.75) is 16.8 Å². The zero-order valence-corrected chi connectivity index (χ0v) is 20.1. The first kappa shape index (κ1) is 23.5. The Hall–Kier alpha value is -2.68. The molecular formula is C24H23ClN2O4S2. The summed E-state index contributed by atoms with van der Waals surface area (Å²) in [5.41, 5.74) is 1.62. The molecule has 172 valence electrons. The van der Waals surface area contributed by atoms with Crippen LogP contribution in [-0.4, -0.2) is 39.3 Å². The van der Waals surface area contributed by atoms with Crippen molar-refractivity contribution in [1.82, 2.24) is 5.32 Å². The van der Waals surface area contributed by atoms with Crippen LogP contribution in [-0.2, 0) is 20.6 Å². The Morgan fingerprint density at radius 1 is 1.03 bits per heavy atom. The smallest absolute Gasteiger partial charge is 0.264 e. The lowest BCUT2D eigenvalue weighted by Crippen LogP contribution is -2.51. The molecule has 0 aliphatic carbocycles. The molecule has 1 heterocycles. The van der Waals surface area contributed by atoms with Crippen LogP contribution in [0.1, 0.15) is 5.56 Å². The molecule has 0 saturated heterocycles. The molecule has 9 heteroatoms. The SMILES string of the molecule is O=C(NCCSCc1ccccc1)[C@@H]1CN(S(=O)(=O)c2ccc(Cl)cc2)c2ccccc2O1. The number of sulfonamides is 1. The molecule has 4 rings (SSSR count). The van der Waals surface area contributed by atoms with Crippen molar-refractivity contribution < 1.29 is 17.9 Å². The Morgan fingerprint density at radius 2 is 1.73 bits per heavy atom. The first-order valence-corrected chi connectivity index (χ1v) is 13.4. The topological polar surface area (TPSA) is 75.7 Å². The monoisotopic (exact) mass is 502 g/mol. The number of halogens is 1. The summed E-state index contributed by atoms with van der Waals surface area (Å²) in [4.78, 5) is 12.9. The number of anilines is 1. The summed E-state index contributed by atoms with van der Waals surface area (Å²) in [5, 5.41) is 3.31. The van der Waals surface area contributed by atoms with Crippen molar-refractivity contribution in [3.8, 4) is 5.75 Å². The molecule has 3 aromatic rings. The Kier molecular flexibility index (Phi) is 7.47. The van der Waals surface area contributed by atoms with E-state index in [0.29, 0.717) is 23.0 Å². The Bertz CT molecular complexity index is 1200. The molecule has 1 aliphatic rings. The number of amides is 1. The minimum atomic E-state index is -3.91. The number of fused-ring (bicyclic) bond motifs is 1. The predicted molar refractivity (Wildman–Crippen MR) is 132 cm³/mol. The predicted octanol–water partition coefficient (Wildman–Crippen LogP) is 4.35. The van der Waals surface area contributed by atoms with E-state index in [4.69, 9.17) is 16.3 Å². The molecule has 0 bridgehead atoms. The van der Waals surface area contributed by atoms with Crippen molar-refractivity contribution in [3.63, 3.8) is 0 Å². The molecule has 3 aromatic carbocycles. The number of ether oxygens (including phenoxy) is 1. The van der Waals surface area contributed by atoms with Gasteiger partial charge in [-0.3, -0.25) is 9.10 Å². The largest absolute Gasteiger partial charge is 0.476 e. The van der Waals surface area contributed by atoms with Gasteiger partial charge in [-0.15, -0.1) is 0 Å². The first-order valence-electron chi connectivity index (χ1n) is 10.4. The van der Waals surface area contributed by atoms with Gasteiger partial charge in [-0.05, 0) is 42.0 Å². The van der Waals surface area contributed by atoms with Crippen LogP contribution in [0.2, 0.25) is 5.02 Å². The number of para-hydroxylation sites is 2. The number of benzene rings is 3. The molecule has 33 heavy (non-hydrogen) atoms. The number of thioether (sulfide) groups is 1. The standard InChI is InChI=1S/C24H23ClN2O4S2/c25-19-10-12-20(13-11-19)33(29,30)27-16-23(31-22-9-5-4-8-21(22)27)24(28)26-14-15-32-17-18-6-2-1-3-7-18/h1-13,23H,14-17H2,(H,26,28)/t23-/m0/s1. The highest BCUT2D eigenvalue weighted by Crippen LogP contribution is 2.36. The second kappa shape index (κ2) is 10.5. The van der Waals surface area contributed by atoms with Crippen molar-refractivity contribution in [1.29, 1.82) is 0 Å². The van der Waals surface area contributed by atoms with Gasteiger partial charge in [-0.2, -0.15) is 11.8 Å². The van der Waals surface area contributed by atoms with E-state index in [2.05, 4.69) is 17.4 Å². The maximum Gasteiger partial charge on any atom is 0.264 e. The fraction of sp³-hybridized carbons (Fsp3) is 0.208. The van der Waals surface area contributed by atoms with Crippen molar-refractivity contribution in [2.24, 2.45) is 0 Å². The zero-order chi connectivity index (χ0) is 23.3. The average molecular weight is 503 g/mol. The number of nitrogens with zero attached hydrogens (tertiary/aromatic N) is 1. The quantitative estimate of drug-likeness (QED) is 0.463. The molecule has 0 aromatic heterocycles. The van der Waals surface area contributed by atoms with Crippen LogP contribution in [0.15, 0.2) is 83.8 Å². The van der Waals surface area contributed by atoms with Crippen LogP contribution >= 0.6 is 23.4 Å². The summed E-state index contributed by atoms with van der Waals surface area (Å²) < 4.78 is 33.8. The summed E-state index contributed by atoms with van der Waals surface area (Å²) in [6.45, 7) is 0.340. The van der Waals surface area contributed by atoms with E-state index in [1.807, 2.05) is 18.2 Å². The summed E-state index contributed by atoms with van der Waals surface area (Å²) in [6, 6.07) is 22.9. The molecule has 0 spiro atoms. The number of rotatable bonds is 8. The lowest BCUT2D eigenvalue weighted by Gasteiger charge is -2.34. The maximum absolute atomic E-state index is 13.4. The van der Waals surface area contributed by atoms with Crippen molar-refractivity contribution in [2.75, 3.05) is 23.1 Å². The van der Waals surface area contributed by atoms with Gasteiger partial charge in [0.25, 0.3) is 15.9 Å². The minimum Gasteiger partial charge on any atom is -0.476 e. The van der Waals surface area contributed by atoms with Gasteiger partial charge in [0, 0.05) is 23.1 Å². The molecule has 0 radical (unpaired) electrons. The van der Waals surface area contributed by atoms with Gasteiger partial charge in [0.15, 0.2) is 6.10 Å². The van der Waals surface area contributed by atoms with E-state index >= 15 is 0 Å². The molecule has 1 N–H and O–H groups in total. The van der Waals surface area contributed by atoms with Gasteiger partial charge >= 0.3 is 0 Å². The van der Waals surface area contributed by atoms with Crippen LogP contribution in [0, 0.1) is 0 Å². The highest BCUT2D eigenvalue weighted by atomic mass is 35.5. The van der Waals surface area contributed by atoms with Crippen molar-refractivity contribution >= 4 is 45.0 Å². The van der Waals surface area contributed by atoms with Gasteiger partial charge < -0.3 is 10.1 Å². The number of hydrogen-bond donors (Lipinski definition) is 1. The third-order valence-electron chi connectivity index (χ3n) is 5.09. The Labute approximate surface area is 203 Å². The first-order chi connectivity index (χ1) is 15.9. The highest BCUT2D eigenvalue weighted by molar-refractivity contribution is 7.98. The summed E-state index contributed by atoms with van der Waals surface area (Å²) >= 11 is 7.63. The summed E-state index contributed by atoms with van der Waals surface area (Å²) in [7, 11) is -3.91. The second-order valence-corrected chi connectivity index (χ2v) is 10.8. The van der Waals surface area contributed by atoms with Gasteiger partial charge in [-0.25, -0.2) is 8.42 Å². The fourth-order valence-electron chi connectivity index (χ4n) is 3.42. The van der Waals surface area contributed by atoms with Gasteiger partial charge in [0.2, 0.25) is 0 Å². The summed E-state index contributed by atoms with van der Waals surface area (Å²) in [5.74, 6) is 1.59. The van der Waals surface area contributed by atoms with Crippen molar-refractivity contribution in [3.05, 3.63) is 89.4 Å². The molecular weight excluding hydrogens is 480 g/mol. The zero-order valence-electron chi connectivity index (χ0n) is 17.7. The highest BCUT2D eigenvalue weighted by Gasteiger charge is 2.37. The number of hydrogen-bond acceptors (Lipinski definition) is 5. The van der Waals surface area contributed by atoms with Crippen LogP contribution in [0.25, 0.3) is 0 Å². The van der Waals surface area contributed by atoms with Crippen LogP contribution < -0.4 is 14.4 Å². The number of carbonyl (C=O) groups is 1. The lowest BCUT2D eigenvalue weighted by molar-refractivity contribution is -0.127. The van der Waals surface area contributed by atoms with E-state index in [1.165, 1.54) is 34.1 Å². The Morgan fingerprint density at radius 3 is 2.48 bits per heavy atom. The maximum atomic E-state index is 13.4. The summed E-state index contributed by atoms with van der Waals surface area (Å²) in [6.07, 6.45) is -0.957. The van der Waals surface area contributed by atoms with E-state index in [1.54, 1.807) is 36.0 Å².